The van der Waals surface area contributed by atoms with Gasteiger partial charge in [0.05, 0.1) is 12.8 Å². The summed E-state index contributed by atoms with van der Waals surface area (Å²) in [5.41, 5.74) is 4.80. The van der Waals surface area contributed by atoms with Crippen LogP contribution >= 0.6 is 0 Å². The first-order chi connectivity index (χ1) is 14.7. The van der Waals surface area contributed by atoms with Gasteiger partial charge in [-0.2, -0.15) is 4.68 Å². The van der Waals surface area contributed by atoms with Crippen LogP contribution in [0.5, 0.6) is 0 Å². The van der Waals surface area contributed by atoms with E-state index in [4.69, 9.17) is 14.2 Å². The number of amides is 1. The van der Waals surface area contributed by atoms with Gasteiger partial charge in [0.2, 0.25) is 0 Å². The first-order valence-electron chi connectivity index (χ1n) is 9.92. The number of hydrogen-bond donors (Lipinski definition) is 2. The van der Waals surface area contributed by atoms with Crippen molar-refractivity contribution in [3.8, 4) is 0 Å². The number of nitrogens with one attached hydrogen (secondary N) is 2. The third kappa shape index (κ3) is 8.00. The molecule has 0 unspecified atom stereocenters. The molecule has 10 heteroatoms. The van der Waals surface area contributed by atoms with Crippen LogP contribution < -0.4 is 10.9 Å². The number of carbonyl (C=O) groups is 3. The molecule has 0 saturated carbocycles. The number of esters is 1. The fourth-order valence-electron chi connectivity index (χ4n) is 2.29. The average Bonchev–Trinajstić information content (AvgIpc) is 3.15. The Balaban J connectivity index is 2.12. The van der Waals surface area contributed by atoms with Gasteiger partial charge in [0.1, 0.15) is 17.8 Å². The molecule has 1 heterocycles. The number of ether oxygens (including phenoxy) is 3. The smallest absolute Gasteiger partial charge is 0.434 e. The van der Waals surface area contributed by atoms with E-state index in [0.29, 0.717) is 6.42 Å². The molecule has 0 bridgehead atoms. The highest BCUT2D eigenvalue weighted by Gasteiger charge is 2.23. The Morgan fingerprint density at radius 1 is 1.10 bits per heavy atom. The van der Waals surface area contributed by atoms with Gasteiger partial charge in [-0.1, -0.05) is 43.7 Å². The number of benzene rings is 1. The van der Waals surface area contributed by atoms with Gasteiger partial charge in [-0.15, -0.1) is 5.10 Å². The van der Waals surface area contributed by atoms with Crippen LogP contribution in [0.15, 0.2) is 36.5 Å². The van der Waals surface area contributed by atoms with Crippen molar-refractivity contribution in [2.75, 3.05) is 12.0 Å². The maximum atomic E-state index is 12.6. The van der Waals surface area contributed by atoms with Crippen molar-refractivity contribution in [3.63, 3.8) is 0 Å². The Labute approximate surface area is 180 Å². The molecule has 1 aromatic heterocycles. The topological polar surface area (TPSA) is 121 Å². The van der Waals surface area contributed by atoms with E-state index < -0.39 is 23.8 Å². The summed E-state index contributed by atoms with van der Waals surface area (Å²) >= 11 is 0. The van der Waals surface area contributed by atoms with E-state index in [2.05, 4.69) is 16.0 Å². The molecule has 0 aliphatic heterocycles. The second-order valence-corrected chi connectivity index (χ2v) is 7.62. The highest BCUT2D eigenvalue weighted by molar-refractivity contribution is 5.95. The van der Waals surface area contributed by atoms with E-state index in [1.807, 2.05) is 37.3 Å². The van der Waals surface area contributed by atoms with Crippen LogP contribution in [0.1, 0.15) is 56.5 Å². The minimum Gasteiger partial charge on any atom is -0.457 e. The summed E-state index contributed by atoms with van der Waals surface area (Å²) in [5, 5.41) is 3.99. The fourth-order valence-corrected chi connectivity index (χ4v) is 2.29. The molecule has 168 valence electrons. The van der Waals surface area contributed by atoms with Gasteiger partial charge in [-0.05, 0) is 32.8 Å². The van der Waals surface area contributed by atoms with Crippen molar-refractivity contribution in [1.29, 1.82) is 0 Å². The first-order valence-corrected chi connectivity index (χ1v) is 9.92. The van der Waals surface area contributed by atoms with Gasteiger partial charge in [0.25, 0.3) is 0 Å². The molecule has 2 aromatic rings. The standard InChI is InChI=1S/C21H28N4O6/c1-5-6-12-29-20(28)25-13-16(18(26)30-14-15-10-8-7-9-11-15)17(24-25)22-23-19(27)31-21(2,3)4/h7-11,13H,5-6,12,14H2,1-4H3,(H,22,24)(H,23,27). The highest BCUT2D eigenvalue weighted by Crippen LogP contribution is 2.16. The van der Waals surface area contributed by atoms with E-state index in [9.17, 15) is 14.4 Å². The average molecular weight is 432 g/mol. The van der Waals surface area contributed by atoms with Crippen LogP contribution in [0.4, 0.5) is 15.4 Å². The predicted molar refractivity (Wildman–Crippen MR) is 112 cm³/mol. The molecular formula is C21H28N4O6. The summed E-state index contributed by atoms with van der Waals surface area (Å²) in [7, 11) is 0. The summed E-state index contributed by atoms with van der Waals surface area (Å²) in [6, 6.07) is 9.12. The van der Waals surface area contributed by atoms with Crippen molar-refractivity contribution in [3.05, 3.63) is 47.7 Å². The molecule has 31 heavy (non-hydrogen) atoms. The number of aromatic nitrogens is 2. The number of nitrogens with zero attached hydrogens (tertiary/aromatic N) is 2. The normalized spacial score (nSPS) is 10.8. The molecule has 0 aliphatic rings. The number of carbonyl (C=O) groups excluding carboxylic acids is 3. The lowest BCUT2D eigenvalue weighted by molar-refractivity contribution is 0.0469. The van der Waals surface area contributed by atoms with Crippen LogP contribution in [0.2, 0.25) is 0 Å². The number of unbranched alkanes of at least 4 members (excludes halogenated alkanes) is 1. The van der Waals surface area contributed by atoms with E-state index >= 15 is 0 Å². The van der Waals surface area contributed by atoms with Crippen molar-refractivity contribution >= 4 is 24.0 Å². The molecule has 0 atom stereocenters. The maximum Gasteiger partial charge on any atom is 0.434 e. The predicted octanol–water partition coefficient (Wildman–Crippen LogP) is 3.88. The van der Waals surface area contributed by atoms with Gasteiger partial charge in [-0.3, -0.25) is 5.43 Å². The Morgan fingerprint density at radius 2 is 1.81 bits per heavy atom. The Hall–Kier alpha value is -3.56. The number of anilines is 1. The van der Waals surface area contributed by atoms with Crippen molar-refractivity contribution in [2.45, 2.75) is 52.7 Å². The fraction of sp³-hybridized carbons (Fsp3) is 0.429. The zero-order chi connectivity index (χ0) is 22.9. The van der Waals surface area contributed by atoms with Crippen molar-refractivity contribution in [2.24, 2.45) is 0 Å². The molecule has 0 radical (unpaired) electrons. The minimum absolute atomic E-state index is 0.0325. The Bertz CT molecular complexity index is 889. The van der Waals surface area contributed by atoms with Crippen molar-refractivity contribution in [1.82, 2.24) is 15.2 Å². The van der Waals surface area contributed by atoms with Gasteiger partial charge < -0.3 is 14.2 Å². The number of hydrogen-bond acceptors (Lipinski definition) is 8. The highest BCUT2D eigenvalue weighted by atomic mass is 16.6. The minimum atomic E-state index is -0.781. The van der Waals surface area contributed by atoms with Crippen LogP contribution in [-0.2, 0) is 20.8 Å². The van der Waals surface area contributed by atoms with Gasteiger partial charge >= 0.3 is 18.2 Å². The summed E-state index contributed by atoms with van der Waals surface area (Å²) in [4.78, 5) is 36.7. The Kier molecular flexibility index (Phi) is 8.42. The molecule has 2 rings (SSSR count). The SMILES string of the molecule is CCCCOC(=O)n1cc(C(=O)OCc2ccccc2)c(NNC(=O)OC(C)(C)C)n1. The lowest BCUT2D eigenvalue weighted by Gasteiger charge is -2.19. The summed E-state index contributed by atoms with van der Waals surface area (Å²) < 4.78 is 16.4. The second-order valence-electron chi connectivity index (χ2n) is 7.62. The molecule has 0 fully saturated rings. The molecule has 10 nitrogen and oxygen atoms in total. The maximum absolute atomic E-state index is 12.6. The monoisotopic (exact) mass is 432 g/mol. The van der Waals surface area contributed by atoms with E-state index in [0.717, 1.165) is 16.7 Å². The lowest BCUT2D eigenvalue weighted by atomic mass is 10.2. The number of rotatable bonds is 8. The Morgan fingerprint density at radius 3 is 2.45 bits per heavy atom. The van der Waals surface area contributed by atoms with Crippen molar-refractivity contribution < 1.29 is 28.6 Å². The van der Waals surface area contributed by atoms with Gasteiger partial charge in [0.15, 0.2) is 5.82 Å². The molecule has 0 spiro atoms. The largest absolute Gasteiger partial charge is 0.457 e. The zero-order valence-electron chi connectivity index (χ0n) is 18.1. The summed E-state index contributed by atoms with van der Waals surface area (Å²) in [6.07, 6.45) is 1.20. The quantitative estimate of drug-likeness (QED) is 0.279. The first kappa shape index (κ1) is 23.7. The third-order valence-electron chi connectivity index (χ3n) is 3.74. The van der Waals surface area contributed by atoms with Crippen LogP contribution in [0, 0.1) is 0 Å². The number of hydrazine groups is 1. The summed E-state index contributed by atoms with van der Waals surface area (Å²) in [6.45, 7) is 7.35. The molecule has 1 aromatic carbocycles. The van der Waals surface area contributed by atoms with Gasteiger partial charge in [0, 0.05) is 0 Å². The van der Waals surface area contributed by atoms with Gasteiger partial charge in [-0.25, -0.2) is 19.8 Å². The van der Waals surface area contributed by atoms with Crippen LogP contribution in [0.25, 0.3) is 0 Å². The zero-order valence-corrected chi connectivity index (χ0v) is 18.1. The molecule has 2 N–H and O–H groups in total. The van der Waals surface area contributed by atoms with E-state index in [1.165, 1.54) is 6.20 Å². The molecular weight excluding hydrogens is 404 g/mol. The van der Waals surface area contributed by atoms with Crippen LogP contribution in [-0.4, -0.2) is 40.1 Å². The van der Waals surface area contributed by atoms with E-state index in [-0.39, 0.29) is 24.6 Å². The third-order valence-corrected chi connectivity index (χ3v) is 3.74. The molecule has 1 amide bonds. The summed E-state index contributed by atoms with van der Waals surface area (Å²) in [5.74, 6) is -0.818. The van der Waals surface area contributed by atoms with Crippen LogP contribution in [0.3, 0.4) is 0 Å². The van der Waals surface area contributed by atoms with E-state index in [1.54, 1.807) is 20.8 Å². The molecule has 0 saturated heterocycles. The lowest BCUT2D eigenvalue weighted by Crippen LogP contribution is -2.36. The second kappa shape index (κ2) is 11.0. The molecule has 0 aliphatic carbocycles.